The van der Waals surface area contributed by atoms with Crippen molar-refractivity contribution >= 4 is 42.4 Å². The van der Waals surface area contributed by atoms with E-state index in [1.807, 2.05) is 44.1 Å². The highest BCUT2D eigenvalue weighted by Gasteiger charge is 2.23. The molecule has 0 atom stereocenters. The number of aromatic nitrogens is 1. The van der Waals surface area contributed by atoms with Crippen LogP contribution in [0, 0.1) is 0 Å². The third kappa shape index (κ3) is 5.41. The Morgan fingerprint density at radius 3 is 2.55 bits per heavy atom. The smallest absolute Gasteiger partial charge is 0.260 e. The minimum Gasteiger partial charge on any atom is -0.494 e. The first-order valence-corrected chi connectivity index (χ1v) is 12.5. The molecule has 0 radical (unpaired) electrons. The van der Waals surface area contributed by atoms with E-state index < -0.39 is 9.84 Å². The lowest BCUT2D eigenvalue weighted by Crippen LogP contribution is -2.36. The average molecular weight is 462 g/mol. The van der Waals surface area contributed by atoms with Crippen molar-refractivity contribution in [3.05, 3.63) is 48.0 Å². The van der Waals surface area contributed by atoms with Gasteiger partial charge in [-0.25, -0.2) is 13.4 Å². The largest absolute Gasteiger partial charge is 0.494 e. The molecular weight excluding hydrogens is 434 g/mol. The molecule has 1 amide bonds. The molecule has 1 aromatic heterocycles. The van der Waals surface area contributed by atoms with Crippen molar-refractivity contribution in [2.75, 3.05) is 44.4 Å². The lowest BCUT2D eigenvalue weighted by atomic mass is 10.2. The third-order valence-electron chi connectivity index (χ3n) is 4.73. The second kappa shape index (κ2) is 9.76. The van der Waals surface area contributed by atoms with Crippen molar-refractivity contribution in [2.45, 2.75) is 18.7 Å². The molecule has 3 rings (SSSR count). The fourth-order valence-electron chi connectivity index (χ4n) is 2.99. The quantitative estimate of drug-likeness (QED) is 0.483. The lowest BCUT2D eigenvalue weighted by Gasteiger charge is -2.22. The van der Waals surface area contributed by atoms with Gasteiger partial charge in [-0.2, -0.15) is 0 Å². The first kappa shape index (κ1) is 23.2. The summed E-state index contributed by atoms with van der Waals surface area (Å²) in [6, 6.07) is 11.9. The standard InChI is InChI=1S/C22H27N3O4S2/c1-5-29-17-10-11-19-20(15-17)30-22(23-19)25(13-12-24(3)4)21(26)16-8-7-9-18(14-16)31(27,28)6-2/h7-11,14-15H,5-6,12-13H2,1-4H3. The maximum atomic E-state index is 13.4. The van der Waals surface area contributed by atoms with Gasteiger partial charge in [-0.05, 0) is 57.4 Å². The van der Waals surface area contributed by atoms with Gasteiger partial charge in [0.25, 0.3) is 5.91 Å². The predicted molar refractivity (Wildman–Crippen MR) is 125 cm³/mol. The summed E-state index contributed by atoms with van der Waals surface area (Å²) >= 11 is 1.41. The molecule has 1 heterocycles. The van der Waals surface area contributed by atoms with Crippen LogP contribution >= 0.6 is 11.3 Å². The number of benzene rings is 2. The molecule has 7 nitrogen and oxygen atoms in total. The van der Waals surface area contributed by atoms with Crippen LogP contribution in [0.25, 0.3) is 10.2 Å². The molecule has 3 aromatic rings. The Morgan fingerprint density at radius 1 is 1.10 bits per heavy atom. The number of carbonyl (C=O) groups is 1. The van der Waals surface area contributed by atoms with Gasteiger partial charge in [0, 0.05) is 18.7 Å². The van der Waals surface area contributed by atoms with Gasteiger partial charge in [0.15, 0.2) is 15.0 Å². The van der Waals surface area contributed by atoms with E-state index in [2.05, 4.69) is 4.98 Å². The zero-order chi connectivity index (χ0) is 22.6. The number of hydrogen-bond donors (Lipinski definition) is 0. The van der Waals surface area contributed by atoms with Crippen LogP contribution in [0.1, 0.15) is 24.2 Å². The average Bonchev–Trinajstić information content (AvgIpc) is 3.17. The molecule has 0 spiro atoms. The first-order chi connectivity index (χ1) is 14.7. The van der Waals surface area contributed by atoms with Gasteiger partial charge in [-0.3, -0.25) is 9.69 Å². The topological polar surface area (TPSA) is 79.8 Å². The van der Waals surface area contributed by atoms with Gasteiger partial charge in [-0.1, -0.05) is 24.3 Å². The minimum absolute atomic E-state index is 0.0188. The van der Waals surface area contributed by atoms with Gasteiger partial charge in [0.05, 0.1) is 27.5 Å². The number of carbonyl (C=O) groups excluding carboxylic acids is 1. The molecule has 31 heavy (non-hydrogen) atoms. The Balaban J connectivity index is 2.00. The van der Waals surface area contributed by atoms with Gasteiger partial charge in [0.1, 0.15) is 5.75 Å². The Hall–Kier alpha value is -2.49. The summed E-state index contributed by atoms with van der Waals surface area (Å²) in [7, 11) is 0.462. The van der Waals surface area contributed by atoms with Crippen molar-refractivity contribution in [3.63, 3.8) is 0 Å². The molecule has 0 bridgehead atoms. The summed E-state index contributed by atoms with van der Waals surface area (Å²) in [4.78, 5) is 21.8. The van der Waals surface area contributed by atoms with Crippen LogP contribution in [-0.4, -0.2) is 63.8 Å². The van der Waals surface area contributed by atoms with Crippen molar-refractivity contribution in [1.82, 2.24) is 9.88 Å². The normalized spacial score (nSPS) is 11.8. The number of nitrogens with zero attached hydrogens (tertiary/aromatic N) is 3. The van der Waals surface area contributed by atoms with Crippen LogP contribution in [0.5, 0.6) is 5.75 Å². The number of hydrogen-bond acceptors (Lipinski definition) is 7. The molecule has 2 aromatic carbocycles. The van der Waals surface area contributed by atoms with Gasteiger partial charge in [0.2, 0.25) is 0 Å². The fourth-order valence-corrected chi connectivity index (χ4v) is 4.94. The van der Waals surface area contributed by atoms with Crippen LogP contribution in [0.4, 0.5) is 5.13 Å². The van der Waals surface area contributed by atoms with Crippen LogP contribution < -0.4 is 9.64 Å². The summed E-state index contributed by atoms with van der Waals surface area (Å²) in [5, 5.41) is 0.569. The SMILES string of the molecule is CCOc1ccc2nc(N(CCN(C)C)C(=O)c3cccc(S(=O)(=O)CC)c3)sc2c1. The van der Waals surface area contributed by atoms with E-state index >= 15 is 0 Å². The first-order valence-electron chi connectivity index (χ1n) is 10.1. The number of thiazole rings is 1. The molecule has 0 fully saturated rings. The Kier molecular flexibility index (Phi) is 7.30. The number of likely N-dealkylation sites (N-methyl/N-ethyl adjacent to an activating group) is 1. The zero-order valence-corrected chi connectivity index (χ0v) is 19.8. The molecule has 0 aliphatic heterocycles. The van der Waals surface area contributed by atoms with Crippen LogP contribution in [0.3, 0.4) is 0 Å². The summed E-state index contributed by atoms with van der Waals surface area (Å²) < 4.78 is 31.1. The van der Waals surface area contributed by atoms with E-state index in [0.29, 0.717) is 30.4 Å². The molecule has 0 saturated heterocycles. The number of ether oxygens (including phenoxy) is 1. The number of fused-ring (bicyclic) bond motifs is 1. The highest BCUT2D eigenvalue weighted by Crippen LogP contribution is 2.32. The van der Waals surface area contributed by atoms with Crippen molar-refractivity contribution in [3.8, 4) is 5.75 Å². The monoisotopic (exact) mass is 461 g/mol. The zero-order valence-electron chi connectivity index (χ0n) is 18.2. The van der Waals surface area contributed by atoms with Crippen LogP contribution in [0.15, 0.2) is 47.4 Å². The third-order valence-corrected chi connectivity index (χ3v) is 7.50. The van der Waals surface area contributed by atoms with E-state index in [1.165, 1.54) is 23.5 Å². The summed E-state index contributed by atoms with van der Waals surface area (Å²) in [6.45, 7) is 5.15. The van der Waals surface area contributed by atoms with Crippen LogP contribution in [-0.2, 0) is 9.84 Å². The molecule has 9 heteroatoms. The van der Waals surface area contributed by atoms with E-state index in [4.69, 9.17) is 4.74 Å². The molecular formula is C22H27N3O4S2. The Morgan fingerprint density at radius 2 is 1.87 bits per heavy atom. The number of anilines is 1. The molecule has 0 aliphatic carbocycles. The second-order valence-corrected chi connectivity index (χ2v) is 10.5. The Bertz CT molecular complexity index is 1170. The van der Waals surface area contributed by atoms with Gasteiger partial charge >= 0.3 is 0 Å². The van der Waals surface area contributed by atoms with Crippen molar-refractivity contribution < 1.29 is 17.9 Å². The second-order valence-electron chi connectivity index (χ2n) is 7.25. The molecule has 0 saturated carbocycles. The number of sulfone groups is 1. The van der Waals surface area contributed by atoms with Gasteiger partial charge < -0.3 is 9.64 Å². The van der Waals surface area contributed by atoms with E-state index in [1.54, 1.807) is 24.0 Å². The lowest BCUT2D eigenvalue weighted by molar-refractivity contribution is 0.0985. The highest BCUT2D eigenvalue weighted by atomic mass is 32.2. The number of amides is 1. The van der Waals surface area contributed by atoms with Crippen molar-refractivity contribution in [1.29, 1.82) is 0 Å². The molecule has 166 valence electrons. The van der Waals surface area contributed by atoms with E-state index in [9.17, 15) is 13.2 Å². The van der Waals surface area contributed by atoms with E-state index in [0.717, 1.165) is 16.0 Å². The predicted octanol–water partition coefficient (Wildman–Crippen LogP) is 3.70. The van der Waals surface area contributed by atoms with Gasteiger partial charge in [-0.15, -0.1) is 0 Å². The van der Waals surface area contributed by atoms with Crippen LogP contribution in [0.2, 0.25) is 0 Å². The summed E-state index contributed by atoms with van der Waals surface area (Å²) in [5.41, 5.74) is 1.11. The Labute approximate surface area is 187 Å². The summed E-state index contributed by atoms with van der Waals surface area (Å²) in [6.07, 6.45) is 0. The van der Waals surface area contributed by atoms with E-state index in [-0.39, 0.29) is 16.6 Å². The summed E-state index contributed by atoms with van der Waals surface area (Å²) in [5.74, 6) is 0.461. The maximum Gasteiger partial charge on any atom is 0.260 e. The van der Waals surface area contributed by atoms with Crippen molar-refractivity contribution in [2.24, 2.45) is 0 Å². The highest BCUT2D eigenvalue weighted by molar-refractivity contribution is 7.91. The molecule has 0 unspecified atom stereocenters. The minimum atomic E-state index is -3.41. The maximum absolute atomic E-state index is 13.4. The number of rotatable bonds is 9. The fraction of sp³-hybridized carbons (Fsp3) is 0.364. The molecule has 0 aliphatic rings. The molecule has 0 N–H and O–H groups in total.